The predicted molar refractivity (Wildman–Crippen MR) is 49.9 cm³/mol. The number of carbonyl (C=O) groups is 1. The minimum Gasteiger partial charge on any atom is -0.468 e. The fourth-order valence-electron chi connectivity index (χ4n) is 1.02. The molecule has 0 aliphatic carbocycles. The van der Waals surface area contributed by atoms with E-state index < -0.39 is 0 Å². The molecule has 2 nitrogen and oxygen atoms in total. The van der Waals surface area contributed by atoms with Crippen LogP contribution in [-0.4, -0.2) is 13.1 Å². The van der Waals surface area contributed by atoms with E-state index in [-0.39, 0.29) is 0 Å². The van der Waals surface area contributed by atoms with Crippen LogP contribution in [0.5, 0.6) is 0 Å². The quantitative estimate of drug-likeness (QED) is 0.318. The molecule has 12 heavy (non-hydrogen) atoms. The third kappa shape index (κ3) is 9.21. The lowest BCUT2D eigenvalue weighted by Gasteiger charge is -1.98. The van der Waals surface area contributed by atoms with Crippen molar-refractivity contribution >= 4 is 6.47 Å². The summed E-state index contributed by atoms with van der Waals surface area (Å²) in [7, 11) is 0. The van der Waals surface area contributed by atoms with Gasteiger partial charge >= 0.3 is 0 Å². The Morgan fingerprint density at radius 1 is 1.17 bits per heavy atom. The van der Waals surface area contributed by atoms with Crippen LogP contribution in [0.25, 0.3) is 0 Å². The van der Waals surface area contributed by atoms with Crippen molar-refractivity contribution in [3.8, 4) is 0 Å². The summed E-state index contributed by atoms with van der Waals surface area (Å²) in [6, 6.07) is 0. The van der Waals surface area contributed by atoms with Crippen LogP contribution in [0, 0.1) is 0 Å². The van der Waals surface area contributed by atoms with E-state index in [2.05, 4.69) is 16.9 Å². The highest BCUT2D eigenvalue weighted by molar-refractivity contribution is 5.36. The Hall–Kier alpha value is -0.790. The van der Waals surface area contributed by atoms with Crippen molar-refractivity contribution in [2.24, 2.45) is 0 Å². The molecule has 0 radical (unpaired) electrons. The third-order valence-corrected chi connectivity index (χ3v) is 1.69. The van der Waals surface area contributed by atoms with Crippen molar-refractivity contribution in [2.45, 2.75) is 39.0 Å². The molecule has 0 atom stereocenters. The Bertz CT molecular complexity index is 119. The maximum atomic E-state index is 9.75. The molecule has 0 aliphatic heterocycles. The number of allylic oxidation sites excluding steroid dienone is 2. The van der Waals surface area contributed by atoms with Crippen LogP contribution in [-0.2, 0) is 9.53 Å². The first-order valence-electron chi connectivity index (χ1n) is 4.58. The van der Waals surface area contributed by atoms with Crippen LogP contribution < -0.4 is 0 Å². The normalized spacial score (nSPS) is 10.4. The van der Waals surface area contributed by atoms with Gasteiger partial charge in [0.2, 0.25) is 0 Å². The second-order valence-electron chi connectivity index (χ2n) is 2.74. The molecule has 0 bridgehead atoms. The molecule has 0 aromatic heterocycles. The Morgan fingerprint density at radius 2 is 1.92 bits per heavy atom. The number of carbonyl (C=O) groups excluding carboxylic acids is 1. The fraction of sp³-hybridized carbons (Fsp3) is 0.700. The van der Waals surface area contributed by atoms with Crippen molar-refractivity contribution in [1.29, 1.82) is 0 Å². The van der Waals surface area contributed by atoms with Gasteiger partial charge in [0.25, 0.3) is 6.47 Å². The highest BCUT2D eigenvalue weighted by Crippen LogP contribution is 2.03. The molecule has 2 heteroatoms. The molecular weight excluding hydrogens is 152 g/mol. The highest BCUT2D eigenvalue weighted by Gasteiger charge is 1.88. The van der Waals surface area contributed by atoms with Gasteiger partial charge in [-0.25, -0.2) is 0 Å². The molecule has 0 unspecified atom stereocenters. The highest BCUT2D eigenvalue weighted by atomic mass is 16.5. The number of unbranched alkanes of at least 4 members (excludes halogenated alkanes) is 4. The second kappa shape index (κ2) is 10.2. The first-order chi connectivity index (χ1) is 5.91. The van der Waals surface area contributed by atoms with Crippen LogP contribution >= 0.6 is 0 Å². The standard InChI is InChI=1S/C10H18O2/c1-2-3-4-5-6-7-8-9-12-10-11/h2-3,10H,4-9H2,1H3/b3-2-. The van der Waals surface area contributed by atoms with E-state index in [1.807, 2.05) is 6.92 Å². The molecule has 0 aromatic carbocycles. The van der Waals surface area contributed by atoms with Gasteiger partial charge in [0.1, 0.15) is 0 Å². The molecular formula is C10H18O2. The Labute approximate surface area is 74.6 Å². The van der Waals surface area contributed by atoms with E-state index in [1.165, 1.54) is 19.3 Å². The Kier molecular flexibility index (Phi) is 9.54. The number of ether oxygens (including phenoxy) is 1. The monoisotopic (exact) mass is 170 g/mol. The van der Waals surface area contributed by atoms with E-state index >= 15 is 0 Å². The molecule has 70 valence electrons. The molecule has 0 aromatic rings. The van der Waals surface area contributed by atoms with Crippen molar-refractivity contribution in [3.63, 3.8) is 0 Å². The maximum absolute atomic E-state index is 9.75. The van der Waals surface area contributed by atoms with E-state index in [0.29, 0.717) is 13.1 Å². The van der Waals surface area contributed by atoms with Crippen LogP contribution in [0.3, 0.4) is 0 Å². The molecule has 0 aliphatic rings. The largest absolute Gasteiger partial charge is 0.468 e. The van der Waals surface area contributed by atoms with Crippen molar-refractivity contribution < 1.29 is 9.53 Å². The van der Waals surface area contributed by atoms with Gasteiger partial charge < -0.3 is 4.74 Å². The van der Waals surface area contributed by atoms with Gasteiger partial charge in [-0.3, -0.25) is 4.79 Å². The van der Waals surface area contributed by atoms with Gasteiger partial charge in [-0.05, 0) is 26.2 Å². The summed E-state index contributed by atoms with van der Waals surface area (Å²) >= 11 is 0. The van der Waals surface area contributed by atoms with Crippen LogP contribution in [0.1, 0.15) is 39.0 Å². The zero-order valence-corrected chi connectivity index (χ0v) is 7.79. The minimum atomic E-state index is 0.514. The summed E-state index contributed by atoms with van der Waals surface area (Å²) in [5, 5.41) is 0. The van der Waals surface area contributed by atoms with Gasteiger partial charge in [-0.15, -0.1) is 0 Å². The molecule has 0 fully saturated rings. The average Bonchev–Trinajstić information content (AvgIpc) is 2.10. The molecule has 0 N–H and O–H groups in total. The van der Waals surface area contributed by atoms with E-state index in [1.54, 1.807) is 0 Å². The van der Waals surface area contributed by atoms with Crippen molar-refractivity contribution in [3.05, 3.63) is 12.2 Å². The summed E-state index contributed by atoms with van der Waals surface area (Å²) in [6.07, 6.45) is 10.1. The van der Waals surface area contributed by atoms with Crippen LogP contribution in [0.4, 0.5) is 0 Å². The molecule has 0 saturated heterocycles. The molecule has 0 spiro atoms. The summed E-state index contributed by atoms with van der Waals surface area (Å²) in [5.41, 5.74) is 0. The third-order valence-electron chi connectivity index (χ3n) is 1.69. The average molecular weight is 170 g/mol. The topological polar surface area (TPSA) is 26.3 Å². The minimum absolute atomic E-state index is 0.514. The molecule has 0 rings (SSSR count). The van der Waals surface area contributed by atoms with Crippen molar-refractivity contribution in [2.75, 3.05) is 6.61 Å². The summed E-state index contributed by atoms with van der Waals surface area (Å²) in [6.45, 7) is 3.13. The Balaban J connectivity index is 2.86. The lowest BCUT2D eigenvalue weighted by Crippen LogP contribution is -1.90. The molecule has 0 heterocycles. The zero-order valence-electron chi connectivity index (χ0n) is 7.79. The van der Waals surface area contributed by atoms with Crippen LogP contribution in [0.2, 0.25) is 0 Å². The van der Waals surface area contributed by atoms with Gasteiger partial charge in [0.15, 0.2) is 0 Å². The zero-order chi connectivity index (χ0) is 9.07. The lowest BCUT2D eigenvalue weighted by atomic mass is 10.1. The first kappa shape index (κ1) is 11.2. The first-order valence-corrected chi connectivity index (χ1v) is 4.58. The molecule has 0 amide bonds. The maximum Gasteiger partial charge on any atom is 0.293 e. The van der Waals surface area contributed by atoms with E-state index in [4.69, 9.17) is 0 Å². The smallest absolute Gasteiger partial charge is 0.293 e. The fourth-order valence-corrected chi connectivity index (χ4v) is 1.02. The van der Waals surface area contributed by atoms with Gasteiger partial charge in [-0.2, -0.15) is 0 Å². The van der Waals surface area contributed by atoms with Crippen molar-refractivity contribution in [1.82, 2.24) is 0 Å². The summed E-state index contributed by atoms with van der Waals surface area (Å²) < 4.78 is 4.57. The van der Waals surface area contributed by atoms with E-state index in [0.717, 1.165) is 12.8 Å². The second-order valence-corrected chi connectivity index (χ2v) is 2.74. The molecule has 0 saturated carbocycles. The van der Waals surface area contributed by atoms with Gasteiger partial charge in [-0.1, -0.05) is 25.0 Å². The summed E-state index contributed by atoms with van der Waals surface area (Å²) in [4.78, 5) is 9.75. The predicted octanol–water partition coefficient (Wildman–Crippen LogP) is 2.69. The number of hydrogen-bond acceptors (Lipinski definition) is 2. The van der Waals surface area contributed by atoms with Gasteiger partial charge in [0.05, 0.1) is 6.61 Å². The Morgan fingerprint density at radius 3 is 2.58 bits per heavy atom. The summed E-state index contributed by atoms with van der Waals surface area (Å²) in [5.74, 6) is 0. The lowest BCUT2D eigenvalue weighted by molar-refractivity contribution is -0.128. The van der Waals surface area contributed by atoms with Gasteiger partial charge in [0, 0.05) is 0 Å². The number of rotatable bonds is 8. The SMILES string of the molecule is C/C=C\CCCCCCOC=O. The number of hydrogen-bond donors (Lipinski definition) is 0. The van der Waals surface area contributed by atoms with Crippen LogP contribution in [0.15, 0.2) is 12.2 Å². The van der Waals surface area contributed by atoms with E-state index in [9.17, 15) is 4.79 Å².